The second kappa shape index (κ2) is 5.17. The second-order valence-corrected chi connectivity index (χ2v) is 4.56. The fourth-order valence-electron chi connectivity index (χ4n) is 2.17. The highest BCUT2D eigenvalue weighted by Gasteiger charge is 2.08. The van der Waals surface area contributed by atoms with Gasteiger partial charge in [0.2, 0.25) is 0 Å². The first-order valence-electron chi connectivity index (χ1n) is 6.37. The van der Waals surface area contributed by atoms with E-state index in [1.807, 2.05) is 6.07 Å². The van der Waals surface area contributed by atoms with Crippen molar-refractivity contribution in [1.82, 2.24) is 0 Å². The molecule has 0 heterocycles. The summed E-state index contributed by atoms with van der Waals surface area (Å²) in [5.41, 5.74) is 0.163. The summed E-state index contributed by atoms with van der Waals surface area (Å²) >= 11 is 0. The van der Waals surface area contributed by atoms with Crippen LogP contribution in [0.2, 0.25) is 0 Å². The fraction of sp³-hybridized carbons (Fsp3) is 0. The van der Waals surface area contributed by atoms with Crippen LogP contribution in [0.25, 0.3) is 10.8 Å². The van der Waals surface area contributed by atoms with Gasteiger partial charge in [-0.15, -0.1) is 0 Å². The molecular weight excluding hydrogens is 268 g/mol. The van der Waals surface area contributed by atoms with Gasteiger partial charge in [0.1, 0.15) is 17.2 Å². The van der Waals surface area contributed by atoms with Gasteiger partial charge >= 0.3 is 5.97 Å². The summed E-state index contributed by atoms with van der Waals surface area (Å²) in [5.74, 6) is 0.171. The first kappa shape index (κ1) is 13.0. The van der Waals surface area contributed by atoms with Gasteiger partial charge in [-0.3, -0.25) is 0 Å². The molecule has 21 heavy (non-hydrogen) atoms. The lowest BCUT2D eigenvalue weighted by Gasteiger charge is -2.10. The molecule has 0 amide bonds. The van der Waals surface area contributed by atoms with E-state index in [9.17, 15) is 9.90 Å². The minimum atomic E-state index is -1.00. The molecule has 0 aliphatic rings. The summed E-state index contributed by atoms with van der Waals surface area (Å²) in [6.45, 7) is 0. The zero-order valence-corrected chi connectivity index (χ0v) is 11.0. The van der Waals surface area contributed by atoms with Crippen LogP contribution < -0.4 is 4.74 Å². The summed E-state index contributed by atoms with van der Waals surface area (Å²) in [7, 11) is 0. The molecule has 0 aromatic heterocycles. The summed E-state index contributed by atoms with van der Waals surface area (Å²) in [6.07, 6.45) is 0. The van der Waals surface area contributed by atoms with Crippen molar-refractivity contribution in [2.45, 2.75) is 0 Å². The van der Waals surface area contributed by atoms with Crippen LogP contribution in [-0.4, -0.2) is 16.2 Å². The average molecular weight is 280 g/mol. The van der Waals surface area contributed by atoms with Gasteiger partial charge < -0.3 is 14.9 Å². The molecule has 0 saturated carbocycles. The van der Waals surface area contributed by atoms with Crippen LogP contribution in [0.1, 0.15) is 10.4 Å². The normalized spacial score (nSPS) is 10.5. The van der Waals surface area contributed by atoms with Crippen LogP contribution >= 0.6 is 0 Å². The van der Waals surface area contributed by atoms with Crippen molar-refractivity contribution in [3.63, 3.8) is 0 Å². The third-order valence-electron chi connectivity index (χ3n) is 3.17. The van der Waals surface area contributed by atoms with Crippen molar-refractivity contribution < 1.29 is 19.7 Å². The van der Waals surface area contributed by atoms with Gasteiger partial charge in [-0.1, -0.05) is 30.3 Å². The number of aromatic carboxylic acids is 1. The van der Waals surface area contributed by atoms with Gasteiger partial charge in [0.15, 0.2) is 0 Å². The van der Waals surface area contributed by atoms with Crippen molar-refractivity contribution >= 4 is 16.7 Å². The number of carboxylic acid groups (broad SMARTS) is 1. The molecule has 0 aliphatic carbocycles. The fourth-order valence-corrected chi connectivity index (χ4v) is 2.17. The minimum Gasteiger partial charge on any atom is -0.507 e. The molecule has 0 saturated heterocycles. The maximum atomic E-state index is 11.0. The van der Waals surface area contributed by atoms with E-state index < -0.39 is 5.97 Å². The van der Waals surface area contributed by atoms with E-state index in [2.05, 4.69) is 0 Å². The lowest BCUT2D eigenvalue weighted by Crippen LogP contribution is -1.96. The Morgan fingerprint density at radius 2 is 1.62 bits per heavy atom. The third-order valence-corrected chi connectivity index (χ3v) is 3.17. The maximum Gasteiger partial charge on any atom is 0.335 e. The van der Waals surface area contributed by atoms with Crippen molar-refractivity contribution in [2.24, 2.45) is 0 Å². The van der Waals surface area contributed by atoms with Crippen LogP contribution in [0.5, 0.6) is 17.2 Å². The molecule has 104 valence electrons. The largest absolute Gasteiger partial charge is 0.507 e. The number of hydrogen-bond donors (Lipinski definition) is 2. The molecule has 2 N–H and O–H groups in total. The van der Waals surface area contributed by atoms with Gasteiger partial charge in [0.25, 0.3) is 0 Å². The molecule has 3 aromatic rings. The summed E-state index contributed by atoms with van der Waals surface area (Å²) in [6, 6.07) is 16.8. The second-order valence-electron chi connectivity index (χ2n) is 4.56. The Morgan fingerprint density at radius 1 is 0.905 bits per heavy atom. The lowest BCUT2D eigenvalue weighted by atomic mass is 10.1. The van der Waals surface area contributed by atoms with Gasteiger partial charge in [0, 0.05) is 10.8 Å². The Kier molecular flexibility index (Phi) is 3.20. The number of phenolic OH excluding ortho intramolecular Hbond substituents is 1. The molecule has 0 fully saturated rings. The van der Waals surface area contributed by atoms with E-state index in [1.165, 1.54) is 12.1 Å². The molecule has 4 heteroatoms. The predicted molar refractivity (Wildman–Crippen MR) is 79.1 cm³/mol. The van der Waals surface area contributed by atoms with E-state index in [1.54, 1.807) is 42.5 Å². The van der Waals surface area contributed by atoms with Crippen LogP contribution in [-0.2, 0) is 0 Å². The summed E-state index contributed by atoms with van der Waals surface area (Å²) in [5, 5.41) is 20.3. The number of phenols is 1. The van der Waals surface area contributed by atoms with Gasteiger partial charge in [-0.05, 0) is 30.3 Å². The molecule has 0 atom stereocenters. The molecule has 3 aromatic carbocycles. The molecule has 3 rings (SSSR count). The molecule has 0 spiro atoms. The van der Waals surface area contributed by atoms with Crippen molar-refractivity contribution in [3.8, 4) is 17.2 Å². The highest BCUT2D eigenvalue weighted by atomic mass is 16.5. The number of fused-ring (bicyclic) bond motifs is 1. The quantitative estimate of drug-likeness (QED) is 0.760. The SMILES string of the molecule is O=C(O)c1cccc(Oc2cccc3c(O)cccc23)c1. The monoisotopic (exact) mass is 280 g/mol. The zero-order chi connectivity index (χ0) is 14.8. The van der Waals surface area contributed by atoms with Gasteiger partial charge in [-0.2, -0.15) is 0 Å². The standard InChI is InChI=1S/C17H12O4/c18-15-8-2-7-14-13(15)6-3-9-16(14)21-12-5-1-4-11(10-12)17(19)20/h1-10,18H,(H,19,20). The van der Waals surface area contributed by atoms with Gasteiger partial charge in [-0.25, -0.2) is 4.79 Å². The van der Waals surface area contributed by atoms with Crippen molar-refractivity contribution in [2.75, 3.05) is 0 Å². The molecule has 4 nitrogen and oxygen atoms in total. The average Bonchev–Trinajstić information content (AvgIpc) is 2.49. The lowest BCUT2D eigenvalue weighted by molar-refractivity contribution is 0.0696. The molecule has 0 unspecified atom stereocenters. The van der Waals surface area contributed by atoms with Crippen molar-refractivity contribution in [1.29, 1.82) is 0 Å². The number of carboxylic acids is 1. The van der Waals surface area contributed by atoms with Crippen molar-refractivity contribution in [3.05, 3.63) is 66.2 Å². The number of hydrogen-bond acceptors (Lipinski definition) is 3. The summed E-state index contributed by atoms with van der Waals surface area (Å²) in [4.78, 5) is 11.0. The number of ether oxygens (including phenoxy) is 1. The Labute approximate surface area is 120 Å². The molecule has 0 radical (unpaired) electrons. The number of carbonyl (C=O) groups is 1. The number of benzene rings is 3. The molecular formula is C17H12O4. The van der Waals surface area contributed by atoms with Crippen LogP contribution in [0.4, 0.5) is 0 Å². The Bertz CT molecular complexity index is 824. The number of aromatic hydroxyl groups is 1. The van der Waals surface area contributed by atoms with E-state index >= 15 is 0 Å². The Balaban J connectivity index is 2.04. The molecule has 0 bridgehead atoms. The Hall–Kier alpha value is -3.01. The van der Waals surface area contributed by atoms with E-state index in [4.69, 9.17) is 9.84 Å². The van der Waals surface area contributed by atoms with E-state index in [0.29, 0.717) is 16.9 Å². The minimum absolute atomic E-state index is 0.163. The van der Waals surface area contributed by atoms with Crippen LogP contribution in [0.15, 0.2) is 60.7 Å². The Morgan fingerprint density at radius 3 is 2.43 bits per heavy atom. The first-order chi connectivity index (χ1) is 10.1. The van der Waals surface area contributed by atoms with E-state index in [-0.39, 0.29) is 11.3 Å². The third kappa shape index (κ3) is 2.51. The topological polar surface area (TPSA) is 66.8 Å². The summed E-state index contributed by atoms with van der Waals surface area (Å²) < 4.78 is 5.76. The first-order valence-corrected chi connectivity index (χ1v) is 6.37. The number of rotatable bonds is 3. The maximum absolute atomic E-state index is 11.0. The highest BCUT2D eigenvalue weighted by molar-refractivity contribution is 5.93. The van der Waals surface area contributed by atoms with Crippen LogP contribution in [0.3, 0.4) is 0 Å². The highest BCUT2D eigenvalue weighted by Crippen LogP contribution is 2.34. The van der Waals surface area contributed by atoms with Crippen LogP contribution in [0, 0.1) is 0 Å². The smallest absolute Gasteiger partial charge is 0.335 e. The van der Waals surface area contributed by atoms with Gasteiger partial charge in [0.05, 0.1) is 5.56 Å². The molecule has 0 aliphatic heterocycles. The zero-order valence-electron chi connectivity index (χ0n) is 11.0. The van der Waals surface area contributed by atoms with E-state index in [0.717, 1.165) is 5.39 Å². The predicted octanol–water partition coefficient (Wildman–Crippen LogP) is 4.04.